The number of hydrogen-bond donors (Lipinski definition) is 2. The molecule has 0 heterocycles. The molecule has 0 aliphatic carbocycles. The maximum Gasteiger partial charge on any atom is 0.407 e. The van der Waals surface area contributed by atoms with E-state index in [1.54, 1.807) is 11.9 Å². The van der Waals surface area contributed by atoms with Crippen molar-refractivity contribution in [3.8, 4) is 0 Å². The van der Waals surface area contributed by atoms with Crippen LogP contribution in [0.2, 0.25) is 0 Å². The van der Waals surface area contributed by atoms with Crippen LogP contribution in [0.1, 0.15) is 27.2 Å². The van der Waals surface area contributed by atoms with E-state index in [1.807, 2.05) is 27.0 Å². The predicted octanol–water partition coefficient (Wildman–Crippen LogP) is 1.77. The maximum atomic E-state index is 11.1. The summed E-state index contributed by atoms with van der Waals surface area (Å²) < 4.78 is 8.16. The normalized spacial score (nSPS) is 11.1. The average Bonchev–Trinajstić information content (AvgIpc) is 2.00. The van der Waals surface area contributed by atoms with Gasteiger partial charge in [-0.05, 0) is 33.4 Å². The van der Waals surface area contributed by atoms with Gasteiger partial charge in [0.25, 0.3) is 0 Å². The molecule has 1 amide bonds. The molecule has 2 N–H and O–H groups in total. The third kappa shape index (κ3) is 9.67. The number of alkyl carbamates (subject to hydrolysis) is 1. The second-order valence-corrected chi connectivity index (χ2v) is 4.58. The maximum absolute atomic E-state index is 11.1. The van der Waals surface area contributed by atoms with Crippen LogP contribution in [0.4, 0.5) is 4.79 Å². The largest absolute Gasteiger partial charge is 0.444 e. The Morgan fingerprint density at radius 3 is 2.50 bits per heavy atom. The predicted molar refractivity (Wildman–Crippen MR) is 60.4 cm³/mol. The Hall–Kier alpha value is -0.420. The molecule has 0 unspecified atom stereocenters. The van der Waals surface area contributed by atoms with Crippen LogP contribution in [0.15, 0.2) is 0 Å². The average molecular weight is 220 g/mol. The number of ether oxygens (including phenoxy) is 1. The van der Waals surface area contributed by atoms with Gasteiger partial charge in [-0.25, -0.2) is 4.79 Å². The molecule has 0 aromatic rings. The topological polar surface area (TPSA) is 50.4 Å². The highest BCUT2D eigenvalue weighted by Gasteiger charge is 2.15. The zero-order valence-electron chi connectivity index (χ0n) is 9.35. The first-order chi connectivity index (χ1) is 6.45. The van der Waals surface area contributed by atoms with Crippen LogP contribution >= 0.6 is 11.9 Å². The van der Waals surface area contributed by atoms with Gasteiger partial charge in [0.15, 0.2) is 0 Å². The molecule has 0 saturated heterocycles. The summed E-state index contributed by atoms with van der Waals surface area (Å²) in [6, 6.07) is 0. The van der Waals surface area contributed by atoms with Crippen molar-refractivity contribution in [1.82, 2.24) is 10.0 Å². The zero-order valence-corrected chi connectivity index (χ0v) is 10.2. The van der Waals surface area contributed by atoms with Gasteiger partial charge in [-0.2, -0.15) is 0 Å². The number of carbonyl (C=O) groups excluding carboxylic acids is 1. The van der Waals surface area contributed by atoms with Gasteiger partial charge in [-0.3, -0.25) is 4.72 Å². The van der Waals surface area contributed by atoms with Crippen LogP contribution in [0, 0.1) is 0 Å². The summed E-state index contributed by atoms with van der Waals surface area (Å²) in [7, 11) is 0. The Kier molecular flexibility index (Phi) is 6.74. The summed E-state index contributed by atoms with van der Waals surface area (Å²) >= 11 is 1.58. The number of hydrogen-bond acceptors (Lipinski definition) is 4. The van der Waals surface area contributed by atoms with Gasteiger partial charge in [-0.1, -0.05) is 11.9 Å². The summed E-state index contributed by atoms with van der Waals surface area (Å²) in [5, 5.41) is 2.69. The van der Waals surface area contributed by atoms with E-state index in [1.165, 1.54) is 0 Å². The van der Waals surface area contributed by atoms with Crippen LogP contribution in [0.5, 0.6) is 0 Å². The molecule has 0 aliphatic heterocycles. The lowest BCUT2D eigenvalue weighted by Gasteiger charge is -2.19. The molecule has 14 heavy (non-hydrogen) atoms. The fourth-order valence-electron chi connectivity index (χ4n) is 0.767. The minimum absolute atomic E-state index is 0.346. The molecule has 0 rings (SSSR count). The highest BCUT2D eigenvalue weighted by Crippen LogP contribution is 2.06. The van der Waals surface area contributed by atoms with Gasteiger partial charge in [0.2, 0.25) is 0 Å². The lowest BCUT2D eigenvalue weighted by Crippen LogP contribution is -2.33. The Morgan fingerprint density at radius 1 is 1.36 bits per heavy atom. The van der Waals surface area contributed by atoms with E-state index >= 15 is 0 Å². The summed E-state index contributed by atoms with van der Waals surface area (Å²) in [6.45, 7) is 7.07. The van der Waals surface area contributed by atoms with E-state index in [9.17, 15) is 4.79 Å². The van der Waals surface area contributed by atoms with Crippen LogP contribution in [-0.4, -0.2) is 31.0 Å². The van der Waals surface area contributed by atoms with Crippen molar-refractivity contribution in [1.29, 1.82) is 0 Å². The summed E-state index contributed by atoms with van der Waals surface area (Å²) in [5.41, 5.74) is -0.415. The first-order valence-electron chi connectivity index (χ1n) is 4.68. The first-order valence-corrected chi connectivity index (χ1v) is 5.91. The first kappa shape index (κ1) is 13.6. The van der Waals surface area contributed by atoms with Gasteiger partial charge >= 0.3 is 6.09 Å². The second kappa shape index (κ2) is 6.95. The zero-order chi connectivity index (χ0) is 11.0. The molecule has 0 fully saturated rings. The molecule has 0 atom stereocenters. The molecule has 5 heteroatoms. The Bertz CT molecular complexity index is 169. The summed E-state index contributed by atoms with van der Waals surface area (Å²) in [6.07, 6.45) is 2.53. The number of nitrogens with one attached hydrogen (secondary N) is 2. The molecule has 0 aliphatic rings. The van der Waals surface area contributed by atoms with E-state index in [0.29, 0.717) is 6.54 Å². The highest BCUT2D eigenvalue weighted by atomic mass is 32.2. The van der Waals surface area contributed by atoms with Crippen LogP contribution in [0.3, 0.4) is 0 Å². The standard InChI is InChI=1S/C9H20N2O2S/c1-9(2,3)13-8(12)10-6-5-7-11-14-4/h11H,5-7H2,1-4H3,(H,10,12). The number of rotatable bonds is 5. The second-order valence-electron chi connectivity index (χ2n) is 3.88. The van der Waals surface area contributed by atoms with E-state index in [4.69, 9.17) is 4.74 Å². The van der Waals surface area contributed by atoms with Gasteiger partial charge in [0, 0.05) is 13.1 Å². The van der Waals surface area contributed by atoms with Crippen molar-refractivity contribution in [2.24, 2.45) is 0 Å². The molecule has 84 valence electrons. The van der Waals surface area contributed by atoms with Gasteiger partial charge in [-0.15, -0.1) is 0 Å². The lowest BCUT2D eigenvalue weighted by molar-refractivity contribution is 0.0527. The molecule has 0 spiro atoms. The molecule has 0 aromatic carbocycles. The van der Waals surface area contributed by atoms with Crippen LogP contribution in [0.25, 0.3) is 0 Å². The SMILES string of the molecule is CSNCCCNC(=O)OC(C)(C)C. The van der Waals surface area contributed by atoms with Gasteiger partial charge < -0.3 is 10.1 Å². The Morgan fingerprint density at radius 2 is 2.00 bits per heavy atom. The minimum atomic E-state index is -0.415. The molecule has 0 aromatic heterocycles. The van der Waals surface area contributed by atoms with Crippen molar-refractivity contribution in [2.75, 3.05) is 19.3 Å². The summed E-state index contributed by atoms with van der Waals surface area (Å²) in [5.74, 6) is 0. The monoisotopic (exact) mass is 220 g/mol. The highest BCUT2D eigenvalue weighted by molar-refractivity contribution is 7.96. The summed E-state index contributed by atoms with van der Waals surface area (Å²) in [4.78, 5) is 11.1. The van der Waals surface area contributed by atoms with Gasteiger partial charge in [0.05, 0.1) is 0 Å². The fraction of sp³-hybridized carbons (Fsp3) is 0.889. The Balaban J connectivity index is 3.36. The molecule has 4 nitrogen and oxygen atoms in total. The van der Waals surface area contributed by atoms with E-state index in [-0.39, 0.29) is 6.09 Å². The quantitative estimate of drug-likeness (QED) is 0.547. The third-order valence-electron chi connectivity index (χ3n) is 1.27. The number of amides is 1. The van der Waals surface area contributed by atoms with Gasteiger partial charge in [0.1, 0.15) is 5.60 Å². The van der Waals surface area contributed by atoms with Crippen LogP contribution in [-0.2, 0) is 4.74 Å². The molecule has 0 saturated carbocycles. The third-order valence-corrected chi connectivity index (χ3v) is 1.76. The lowest BCUT2D eigenvalue weighted by atomic mass is 10.2. The van der Waals surface area contributed by atoms with E-state index < -0.39 is 5.60 Å². The molecule has 0 radical (unpaired) electrons. The molecule has 0 bridgehead atoms. The number of carbonyl (C=O) groups is 1. The smallest absolute Gasteiger partial charge is 0.407 e. The molecular formula is C9H20N2O2S. The van der Waals surface area contributed by atoms with Crippen molar-refractivity contribution in [2.45, 2.75) is 32.8 Å². The van der Waals surface area contributed by atoms with Crippen molar-refractivity contribution >= 4 is 18.0 Å². The van der Waals surface area contributed by atoms with Crippen molar-refractivity contribution < 1.29 is 9.53 Å². The van der Waals surface area contributed by atoms with Crippen molar-refractivity contribution in [3.63, 3.8) is 0 Å². The Labute approximate surface area is 90.3 Å². The molecular weight excluding hydrogens is 200 g/mol. The minimum Gasteiger partial charge on any atom is -0.444 e. The van der Waals surface area contributed by atoms with E-state index in [2.05, 4.69) is 10.0 Å². The van der Waals surface area contributed by atoms with Crippen LogP contribution < -0.4 is 10.0 Å². The van der Waals surface area contributed by atoms with Crippen molar-refractivity contribution in [3.05, 3.63) is 0 Å². The fourth-order valence-corrected chi connectivity index (χ4v) is 1.12. The van der Waals surface area contributed by atoms with E-state index in [0.717, 1.165) is 13.0 Å².